The van der Waals surface area contributed by atoms with E-state index in [1.165, 1.54) is 24.3 Å². The van der Waals surface area contributed by atoms with Crippen LogP contribution < -0.4 is 9.47 Å². The van der Waals surface area contributed by atoms with E-state index in [1.807, 2.05) is 6.92 Å². The maximum absolute atomic E-state index is 12.4. The van der Waals surface area contributed by atoms with Crippen LogP contribution in [0.5, 0.6) is 11.5 Å². The molecule has 0 spiro atoms. The molecule has 0 aromatic heterocycles. The Hall–Kier alpha value is -2.43. The van der Waals surface area contributed by atoms with Gasteiger partial charge in [-0.25, -0.2) is 0 Å². The SMILES string of the molecule is COc1ccc(C(=O)c2ccc(OC(F)F)cc2)c(C)c1. The number of carbonyl (C=O) groups excluding carboxylic acids is 1. The number of benzene rings is 2. The van der Waals surface area contributed by atoms with Crippen LogP contribution in [0.15, 0.2) is 42.5 Å². The van der Waals surface area contributed by atoms with Crippen molar-refractivity contribution in [1.29, 1.82) is 0 Å². The third-order valence-electron chi connectivity index (χ3n) is 3.02. The minimum absolute atomic E-state index is 0.0213. The maximum atomic E-state index is 12.4. The highest BCUT2D eigenvalue weighted by atomic mass is 19.3. The van der Waals surface area contributed by atoms with E-state index in [9.17, 15) is 13.6 Å². The van der Waals surface area contributed by atoms with Gasteiger partial charge < -0.3 is 9.47 Å². The summed E-state index contributed by atoms with van der Waals surface area (Å²) in [5.74, 6) is 0.511. The molecular formula is C16H14F2O3. The van der Waals surface area contributed by atoms with E-state index in [0.29, 0.717) is 16.9 Å². The molecule has 21 heavy (non-hydrogen) atoms. The van der Waals surface area contributed by atoms with Crippen LogP contribution in [0.3, 0.4) is 0 Å². The van der Waals surface area contributed by atoms with Crippen LogP contribution in [0.4, 0.5) is 8.78 Å². The first-order chi connectivity index (χ1) is 10.0. The number of ketones is 1. The van der Waals surface area contributed by atoms with Gasteiger partial charge in [0.25, 0.3) is 0 Å². The zero-order valence-corrected chi connectivity index (χ0v) is 11.6. The summed E-state index contributed by atoms with van der Waals surface area (Å²) in [4.78, 5) is 12.4. The summed E-state index contributed by atoms with van der Waals surface area (Å²) in [5, 5.41) is 0. The fourth-order valence-electron chi connectivity index (χ4n) is 1.96. The highest BCUT2D eigenvalue weighted by molar-refractivity contribution is 6.10. The molecule has 0 N–H and O–H groups in total. The van der Waals surface area contributed by atoms with Crippen molar-refractivity contribution in [2.45, 2.75) is 13.5 Å². The first-order valence-electron chi connectivity index (χ1n) is 6.25. The topological polar surface area (TPSA) is 35.5 Å². The van der Waals surface area contributed by atoms with Crippen molar-refractivity contribution in [3.8, 4) is 11.5 Å². The summed E-state index contributed by atoms with van der Waals surface area (Å²) in [5.41, 5.74) is 1.73. The molecule has 0 radical (unpaired) electrons. The molecule has 0 amide bonds. The van der Waals surface area contributed by atoms with E-state index in [1.54, 1.807) is 25.3 Å². The van der Waals surface area contributed by atoms with Gasteiger partial charge in [0.1, 0.15) is 11.5 Å². The molecule has 2 rings (SSSR count). The zero-order valence-electron chi connectivity index (χ0n) is 11.6. The Morgan fingerprint density at radius 2 is 1.67 bits per heavy atom. The molecular weight excluding hydrogens is 278 g/mol. The van der Waals surface area contributed by atoms with E-state index < -0.39 is 6.61 Å². The second kappa shape index (κ2) is 6.35. The van der Waals surface area contributed by atoms with Gasteiger partial charge in [-0.15, -0.1) is 0 Å². The van der Waals surface area contributed by atoms with E-state index in [2.05, 4.69) is 4.74 Å². The van der Waals surface area contributed by atoms with Crippen LogP contribution in [-0.2, 0) is 0 Å². The summed E-state index contributed by atoms with van der Waals surface area (Å²) in [6.45, 7) is -1.07. The van der Waals surface area contributed by atoms with Crippen molar-refractivity contribution in [2.24, 2.45) is 0 Å². The standard InChI is InChI=1S/C16H14F2O3/c1-10-9-13(20-2)7-8-14(10)15(19)11-3-5-12(6-4-11)21-16(17)18/h3-9,16H,1-2H3. The molecule has 0 aliphatic heterocycles. The predicted octanol–water partition coefficient (Wildman–Crippen LogP) is 3.84. The number of ether oxygens (including phenoxy) is 2. The monoisotopic (exact) mass is 292 g/mol. The summed E-state index contributed by atoms with van der Waals surface area (Å²) in [6, 6.07) is 10.8. The van der Waals surface area contributed by atoms with Gasteiger partial charge in [-0.3, -0.25) is 4.79 Å². The lowest BCUT2D eigenvalue weighted by molar-refractivity contribution is -0.0498. The van der Waals surface area contributed by atoms with Crippen molar-refractivity contribution >= 4 is 5.78 Å². The molecule has 5 heteroatoms. The van der Waals surface area contributed by atoms with E-state index in [-0.39, 0.29) is 11.5 Å². The molecule has 0 aliphatic rings. The third kappa shape index (κ3) is 3.56. The number of methoxy groups -OCH3 is 1. The second-order valence-corrected chi connectivity index (χ2v) is 4.41. The molecule has 0 heterocycles. The third-order valence-corrected chi connectivity index (χ3v) is 3.02. The number of carbonyl (C=O) groups is 1. The molecule has 0 saturated heterocycles. The van der Waals surface area contributed by atoms with Gasteiger partial charge in [0, 0.05) is 11.1 Å². The number of hydrogen-bond donors (Lipinski definition) is 0. The molecule has 2 aromatic carbocycles. The van der Waals surface area contributed by atoms with Gasteiger partial charge in [-0.1, -0.05) is 0 Å². The van der Waals surface area contributed by atoms with E-state index >= 15 is 0 Å². The average Bonchev–Trinajstić information content (AvgIpc) is 2.46. The van der Waals surface area contributed by atoms with Crippen molar-refractivity contribution in [3.05, 3.63) is 59.2 Å². The van der Waals surface area contributed by atoms with Gasteiger partial charge in [0.2, 0.25) is 0 Å². The Balaban J connectivity index is 2.23. The summed E-state index contributed by atoms with van der Waals surface area (Å²) < 4.78 is 33.5. The number of alkyl halides is 2. The normalized spacial score (nSPS) is 10.5. The fourth-order valence-corrected chi connectivity index (χ4v) is 1.96. The van der Waals surface area contributed by atoms with Gasteiger partial charge in [0.05, 0.1) is 7.11 Å². The van der Waals surface area contributed by atoms with E-state index in [0.717, 1.165) is 5.56 Å². The van der Waals surface area contributed by atoms with Gasteiger partial charge in [-0.05, 0) is 55.0 Å². The van der Waals surface area contributed by atoms with Crippen molar-refractivity contribution in [2.75, 3.05) is 7.11 Å². The Bertz CT molecular complexity index is 636. The minimum atomic E-state index is -2.88. The Morgan fingerprint density at radius 1 is 1.05 bits per heavy atom. The van der Waals surface area contributed by atoms with Gasteiger partial charge >= 0.3 is 6.61 Å². The van der Waals surface area contributed by atoms with Crippen molar-refractivity contribution in [3.63, 3.8) is 0 Å². The number of halogens is 2. The van der Waals surface area contributed by atoms with Crippen LogP contribution in [-0.4, -0.2) is 19.5 Å². The molecule has 0 bridgehead atoms. The second-order valence-electron chi connectivity index (χ2n) is 4.41. The zero-order chi connectivity index (χ0) is 15.4. The summed E-state index contributed by atoms with van der Waals surface area (Å²) >= 11 is 0. The van der Waals surface area contributed by atoms with Crippen LogP contribution in [0.2, 0.25) is 0 Å². The largest absolute Gasteiger partial charge is 0.497 e. The van der Waals surface area contributed by atoms with Gasteiger partial charge in [0.15, 0.2) is 5.78 Å². The number of hydrogen-bond acceptors (Lipinski definition) is 3. The van der Waals surface area contributed by atoms with E-state index in [4.69, 9.17) is 4.74 Å². The van der Waals surface area contributed by atoms with Gasteiger partial charge in [-0.2, -0.15) is 8.78 Å². The van der Waals surface area contributed by atoms with Crippen LogP contribution in [0.1, 0.15) is 21.5 Å². The lowest BCUT2D eigenvalue weighted by atomic mass is 9.99. The predicted molar refractivity (Wildman–Crippen MR) is 74.2 cm³/mol. The van der Waals surface area contributed by atoms with Crippen molar-refractivity contribution < 1.29 is 23.0 Å². The fraction of sp³-hybridized carbons (Fsp3) is 0.188. The minimum Gasteiger partial charge on any atom is -0.497 e. The summed E-state index contributed by atoms with van der Waals surface area (Å²) in [7, 11) is 1.55. The molecule has 3 nitrogen and oxygen atoms in total. The highest BCUT2D eigenvalue weighted by Gasteiger charge is 2.13. The molecule has 0 atom stereocenters. The highest BCUT2D eigenvalue weighted by Crippen LogP contribution is 2.21. The first-order valence-corrected chi connectivity index (χ1v) is 6.25. The first kappa shape index (κ1) is 15.0. The quantitative estimate of drug-likeness (QED) is 0.786. The van der Waals surface area contributed by atoms with Crippen LogP contribution in [0, 0.1) is 6.92 Å². The number of aryl methyl sites for hydroxylation is 1. The number of rotatable bonds is 5. The average molecular weight is 292 g/mol. The smallest absolute Gasteiger partial charge is 0.387 e. The molecule has 0 aliphatic carbocycles. The van der Waals surface area contributed by atoms with Crippen molar-refractivity contribution in [1.82, 2.24) is 0 Å². The lowest BCUT2D eigenvalue weighted by Gasteiger charge is -2.08. The van der Waals surface area contributed by atoms with Crippen LogP contribution in [0.25, 0.3) is 0 Å². The Kier molecular flexibility index (Phi) is 4.52. The Labute approximate surface area is 121 Å². The van der Waals surface area contributed by atoms with Crippen LogP contribution >= 0.6 is 0 Å². The molecule has 110 valence electrons. The lowest BCUT2D eigenvalue weighted by Crippen LogP contribution is -2.05. The Morgan fingerprint density at radius 3 is 2.19 bits per heavy atom. The maximum Gasteiger partial charge on any atom is 0.387 e. The molecule has 2 aromatic rings. The molecule has 0 saturated carbocycles. The molecule has 0 fully saturated rings. The summed E-state index contributed by atoms with van der Waals surface area (Å²) in [6.07, 6.45) is 0. The molecule has 0 unspecified atom stereocenters.